The number of nitrogens with two attached hydrogens (primary N) is 1. The van der Waals surface area contributed by atoms with Crippen molar-refractivity contribution in [3.8, 4) is 16.9 Å². The second-order valence-corrected chi connectivity index (χ2v) is 7.83. The predicted molar refractivity (Wildman–Crippen MR) is 123 cm³/mol. The van der Waals surface area contributed by atoms with E-state index in [1.165, 1.54) is 40.7 Å². The largest absolute Gasteiger partial charge is 0.489 e. The van der Waals surface area contributed by atoms with Crippen LogP contribution in [0.25, 0.3) is 11.1 Å². The standard InChI is InChI=1S/C24H25NO.C3H8/c25-16-19-8-11-23-15-24(13-12-22(23)14-19)26-17-18-6-9-21(10-7-18)20-4-2-1-3-5-20;1-3-2/h1-7,9-10,12-13,15,19H,8,11,14,16-17,25H2;3H2,1-2H3. The van der Waals surface area contributed by atoms with Crippen molar-refractivity contribution in [2.75, 3.05) is 6.54 Å². The molecule has 3 aromatic carbocycles. The Labute approximate surface area is 175 Å². The van der Waals surface area contributed by atoms with Crippen molar-refractivity contribution in [2.24, 2.45) is 11.7 Å². The first-order valence-electron chi connectivity index (χ1n) is 10.8. The van der Waals surface area contributed by atoms with Crippen LogP contribution in [0, 0.1) is 5.92 Å². The maximum atomic E-state index is 6.03. The zero-order valence-corrected chi connectivity index (χ0v) is 17.7. The Morgan fingerprint density at radius 1 is 0.862 bits per heavy atom. The lowest BCUT2D eigenvalue weighted by Crippen LogP contribution is -2.22. The summed E-state index contributed by atoms with van der Waals surface area (Å²) in [6.45, 7) is 5.63. The van der Waals surface area contributed by atoms with Crippen LogP contribution < -0.4 is 10.5 Å². The molecule has 1 atom stereocenters. The normalized spacial score (nSPS) is 15.1. The quantitative estimate of drug-likeness (QED) is 0.549. The lowest BCUT2D eigenvalue weighted by atomic mass is 9.84. The van der Waals surface area contributed by atoms with Crippen LogP contribution in [0.4, 0.5) is 0 Å². The molecule has 3 aromatic rings. The third kappa shape index (κ3) is 5.95. The van der Waals surface area contributed by atoms with Gasteiger partial charge >= 0.3 is 0 Å². The molecule has 29 heavy (non-hydrogen) atoms. The first-order chi connectivity index (χ1) is 14.2. The fourth-order valence-electron chi connectivity index (χ4n) is 3.69. The van der Waals surface area contributed by atoms with Crippen molar-refractivity contribution < 1.29 is 4.74 Å². The van der Waals surface area contributed by atoms with Crippen LogP contribution >= 0.6 is 0 Å². The maximum absolute atomic E-state index is 6.03. The summed E-state index contributed by atoms with van der Waals surface area (Å²) in [5, 5.41) is 0. The topological polar surface area (TPSA) is 35.2 Å². The third-order valence-electron chi connectivity index (χ3n) is 5.31. The molecule has 0 aliphatic heterocycles. The van der Waals surface area contributed by atoms with E-state index in [1.807, 2.05) is 6.07 Å². The van der Waals surface area contributed by atoms with Gasteiger partial charge in [-0.25, -0.2) is 0 Å². The molecule has 0 fully saturated rings. The van der Waals surface area contributed by atoms with Crippen LogP contribution in [0.3, 0.4) is 0 Å². The van der Waals surface area contributed by atoms with E-state index in [9.17, 15) is 0 Å². The minimum Gasteiger partial charge on any atom is -0.489 e. The maximum Gasteiger partial charge on any atom is 0.120 e. The van der Waals surface area contributed by atoms with Gasteiger partial charge in [-0.1, -0.05) is 80.9 Å². The summed E-state index contributed by atoms with van der Waals surface area (Å²) in [5.41, 5.74) is 12.3. The van der Waals surface area contributed by atoms with E-state index < -0.39 is 0 Å². The molecule has 2 nitrogen and oxygen atoms in total. The van der Waals surface area contributed by atoms with Crippen molar-refractivity contribution in [2.45, 2.75) is 46.1 Å². The van der Waals surface area contributed by atoms with Crippen molar-refractivity contribution >= 4 is 0 Å². The number of benzene rings is 3. The number of hydrogen-bond donors (Lipinski definition) is 1. The van der Waals surface area contributed by atoms with Gasteiger partial charge in [0.15, 0.2) is 0 Å². The molecule has 0 heterocycles. The second-order valence-electron chi connectivity index (χ2n) is 7.83. The molecule has 0 aromatic heterocycles. The molecule has 152 valence electrons. The van der Waals surface area contributed by atoms with E-state index >= 15 is 0 Å². The summed E-state index contributed by atoms with van der Waals surface area (Å²) in [6.07, 6.45) is 4.65. The minimum atomic E-state index is 0.597. The lowest BCUT2D eigenvalue weighted by molar-refractivity contribution is 0.305. The van der Waals surface area contributed by atoms with Gasteiger partial charge in [-0.3, -0.25) is 0 Å². The predicted octanol–water partition coefficient (Wildman–Crippen LogP) is 6.41. The van der Waals surface area contributed by atoms with E-state index in [0.29, 0.717) is 12.5 Å². The van der Waals surface area contributed by atoms with Crippen LogP contribution in [0.15, 0.2) is 72.8 Å². The van der Waals surface area contributed by atoms with Crippen molar-refractivity contribution in [3.05, 3.63) is 89.5 Å². The Kier molecular flexibility index (Phi) is 7.89. The molecule has 2 N–H and O–H groups in total. The summed E-state index contributed by atoms with van der Waals surface area (Å²) >= 11 is 0. The van der Waals surface area contributed by atoms with Gasteiger partial charge in [-0.15, -0.1) is 0 Å². The fraction of sp³-hybridized carbons (Fsp3) is 0.333. The van der Waals surface area contributed by atoms with E-state index in [1.54, 1.807) is 0 Å². The Morgan fingerprint density at radius 3 is 2.24 bits per heavy atom. The monoisotopic (exact) mass is 387 g/mol. The summed E-state index contributed by atoms with van der Waals surface area (Å²) < 4.78 is 6.03. The zero-order chi connectivity index (χ0) is 20.5. The lowest BCUT2D eigenvalue weighted by Gasteiger charge is -2.23. The molecular weight excluding hydrogens is 354 g/mol. The second kappa shape index (κ2) is 10.8. The molecule has 0 saturated carbocycles. The van der Waals surface area contributed by atoms with Gasteiger partial charge in [0.2, 0.25) is 0 Å². The molecule has 1 unspecified atom stereocenters. The summed E-state index contributed by atoms with van der Waals surface area (Å²) in [6, 6.07) is 25.6. The summed E-state index contributed by atoms with van der Waals surface area (Å²) in [5.74, 6) is 1.60. The number of fused-ring (bicyclic) bond motifs is 1. The van der Waals surface area contributed by atoms with Crippen LogP contribution in [-0.2, 0) is 19.4 Å². The van der Waals surface area contributed by atoms with Gasteiger partial charge in [-0.2, -0.15) is 0 Å². The highest BCUT2D eigenvalue weighted by molar-refractivity contribution is 5.63. The highest BCUT2D eigenvalue weighted by atomic mass is 16.5. The SMILES string of the molecule is CCC.NCC1CCc2cc(OCc3ccc(-c4ccccc4)cc3)ccc2C1. The van der Waals surface area contributed by atoms with Gasteiger partial charge < -0.3 is 10.5 Å². The Hall–Kier alpha value is -2.58. The summed E-state index contributed by atoms with van der Waals surface area (Å²) in [7, 11) is 0. The Morgan fingerprint density at radius 2 is 1.55 bits per heavy atom. The van der Waals surface area contributed by atoms with Crippen LogP contribution in [-0.4, -0.2) is 6.54 Å². The van der Waals surface area contributed by atoms with Gasteiger partial charge in [0.25, 0.3) is 0 Å². The molecule has 0 saturated heterocycles. The van der Waals surface area contributed by atoms with Gasteiger partial charge in [0, 0.05) is 0 Å². The average molecular weight is 388 g/mol. The van der Waals surface area contributed by atoms with Gasteiger partial charge in [0.05, 0.1) is 0 Å². The Bertz CT molecular complexity index is 871. The number of ether oxygens (including phenoxy) is 1. The first-order valence-corrected chi connectivity index (χ1v) is 10.8. The first kappa shape index (κ1) is 21.1. The molecule has 2 heteroatoms. The van der Waals surface area contributed by atoms with Crippen LogP contribution in [0.2, 0.25) is 0 Å². The zero-order valence-electron chi connectivity index (χ0n) is 17.7. The van der Waals surface area contributed by atoms with E-state index in [2.05, 4.69) is 80.6 Å². The average Bonchev–Trinajstić information content (AvgIpc) is 2.78. The smallest absolute Gasteiger partial charge is 0.120 e. The third-order valence-corrected chi connectivity index (χ3v) is 5.31. The van der Waals surface area contributed by atoms with Gasteiger partial charge in [0.1, 0.15) is 12.4 Å². The highest BCUT2D eigenvalue weighted by Crippen LogP contribution is 2.28. The molecule has 1 aliphatic carbocycles. The molecule has 0 spiro atoms. The molecule has 1 aliphatic rings. The van der Waals surface area contributed by atoms with Crippen LogP contribution in [0.1, 0.15) is 43.4 Å². The molecule has 4 rings (SSSR count). The van der Waals surface area contributed by atoms with Crippen molar-refractivity contribution in [1.29, 1.82) is 0 Å². The van der Waals surface area contributed by atoms with Crippen LogP contribution in [0.5, 0.6) is 5.75 Å². The fourth-order valence-corrected chi connectivity index (χ4v) is 3.69. The summed E-state index contributed by atoms with van der Waals surface area (Å²) in [4.78, 5) is 0. The van der Waals surface area contributed by atoms with E-state index in [-0.39, 0.29) is 0 Å². The van der Waals surface area contributed by atoms with Gasteiger partial charge in [-0.05, 0) is 71.7 Å². The molecule has 0 radical (unpaired) electrons. The van der Waals surface area contributed by atoms with Crippen molar-refractivity contribution in [1.82, 2.24) is 0 Å². The minimum absolute atomic E-state index is 0.597. The Balaban J connectivity index is 0.000000755. The molecule has 0 amide bonds. The number of rotatable bonds is 5. The number of hydrogen-bond acceptors (Lipinski definition) is 2. The number of aryl methyl sites for hydroxylation is 1. The molecule has 0 bridgehead atoms. The van der Waals surface area contributed by atoms with E-state index in [0.717, 1.165) is 25.1 Å². The highest BCUT2D eigenvalue weighted by Gasteiger charge is 2.17. The van der Waals surface area contributed by atoms with E-state index in [4.69, 9.17) is 10.5 Å². The molecular formula is C27H33NO. The van der Waals surface area contributed by atoms with Crippen molar-refractivity contribution in [3.63, 3.8) is 0 Å².